The molecule has 10 nitrogen and oxygen atoms in total. The van der Waals surface area contributed by atoms with Gasteiger partial charge in [-0.1, -0.05) is 36.3 Å². The number of piperazine rings is 1. The molecule has 10 heteroatoms. The van der Waals surface area contributed by atoms with E-state index in [1.54, 1.807) is 11.5 Å². The summed E-state index contributed by atoms with van der Waals surface area (Å²) in [6.45, 7) is 4.65. The van der Waals surface area contributed by atoms with E-state index in [0.29, 0.717) is 30.0 Å². The van der Waals surface area contributed by atoms with E-state index in [9.17, 15) is 19.5 Å². The normalized spacial score (nSPS) is 13.7. The molecule has 0 spiro atoms. The highest BCUT2D eigenvalue weighted by atomic mass is 16.4. The van der Waals surface area contributed by atoms with Gasteiger partial charge >= 0.3 is 11.8 Å². The molecule has 1 aliphatic heterocycles. The van der Waals surface area contributed by atoms with Crippen LogP contribution in [0, 0.1) is 11.8 Å². The van der Waals surface area contributed by atoms with Crippen LogP contribution in [0.1, 0.15) is 12.5 Å². The number of benzene rings is 1. The second kappa shape index (κ2) is 9.11. The summed E-state index contributed by atoms with van der Waals surface area (Å²) in [5.74, 6) is 6.19. The van der Waals surface area contributed by atoms with Crippen LogP contribution < -0.4 is 21.5 Å². The summed E-state index contributed by atoms with van der Waals surface area (Å²) in [7, 11) is 0. The summed E-state index contributed by atoms with van der Waals surface area (Å²) in [6.07, 6.45) is -1.07. The van der Waals surface area contributed by atoms with Gasteiger partial charge in [0.15, 0.2) is 11.2 Å². The molecule has 0 bridgehead atoms. The average molecular weight is 436 g/mol. The maximum absolute atomic E-state index is 13.4. The third kappa shape index (κ3) is 3.90. The zero-order valence-corrected chi connectivity index (χ0v) is 17.7. The molecule has 0 radical (unpaired) electrons. The van der Waals surface area contributed by atoms with Gasteiger partial charge in [-0.3, -0.25) is 13.9 Å². The number of anilines is 1. The number of aryl methyl sites for hydroxylation is 1. The van der Waals surface area contributed by atoms with Crippen LogP contribution in [0.5, 0.6) is 0 Å². The van der Waals surface area contributed by atoms with E-state index >= 15 is 0 Å². The van der Waals surface area contributed by atoms with E-state index in [4.69, 9.17) is 0 Å². The van der Waals surface area contributed by atoms with Crippen molar-refractivity contribution >= 4 is 23.2 Å². The van der Waals surface area contributed by atoms with Crippen molar-refractivity contribution in [2.75, 3.05) is 31.1 Å². The largest absolute Gasteiger partial charge is 0.464 e. The van der Waals surface area contributed by atoms with Gasteiger partial charge in [-0.25, -0.2) is 9.59 Å². The van der Waals surface area contributed by atoms with Gasteiger partial charge in [0, 0.05) is 32.7 Å². The molecule has 0 unspecified atom stereocenters. The van der Waals surface area contributed by atoms with E-state index in [0.717, 1.165) is 23.2 Å². The fraction of sp³-hybridized carbons (Fsp3) is 0.364. The van der Waals surface area contributed by atoms with Crippen molar-refractivity contribution in [2.24, 2.45) is 0 Å². The van der Waals surface area contributed by atoms with Crippen molar-refractivity contribution < 1.29 is 9.90 Å². The SMILES string of the molecule is CC#CCn1c(N2CCNCC2)nc2c1c(=O)n(CCc1ccccc1)c(=O)n2C(=O)O. The minimum absolute atomic E-state index is 0.0541. The minimum Gasteiger partial charge on any atom is -0.464 e. The highest BCUT2D eigenvalue weighted by molar-refractivity contribution is 5.84. The lowest BCUT2D eigenvalue weighted by molar-refractivity contribution is 0.195. The van der Waals surface area contributed by atoms with Gasteiger partial charge in [0.2, 0.25) is 5.95 Å². The molecule has 3 aromatic rings. The van der Waals surface area contributed by atoms with Crippen LogP contribution >= 0.6 is 0 Å². The van der Waals surface area contributed by atoms with Crippen LogP contribution in [0.3, 0.4) is 0 Å². The number of rotatable bonds is 5. The molecule has 166 valence electrons. The first kappa shape index (κ1) is 21.4. The van der Waals surface area contributed by atoms with Crippen molar-refractivity contribution in [3.8, 4) is 11.8 Å². The number of carboxylic acid groups (broad SMARTS) is 1. The molecule has 3 heterocycles. The molecule has 1 fully saturated rings. The van der Waals surface area contributed by atoms with Crippen molar-refractivity contribution in [1.82, 2.24) is 24.0 Å². The van der Waals surface area contributed by atoms with Crippen LogP contribution in [0.2, 0.25) is 0 Å². The lowest BCUT2D eigenvalue weighted by Crippen LogP contribution is -2.44. The number of nitrogens with zero attached hydrogens (tertiary/aromatic N) is 5. The summed E-state index contributed by atoms with van der Waals surface area (Å²) >= 11 is 0. The van der Waals surface area contributed by atoms with Crippen LogP contribution in [-0.2, 0) is 19.5 Å². The molecule has 1 saturated heterocycles. The Balaban J connectivity index is 1.93. The Hall–Kier alpha value is -3.84. The highest BCUT2D eigenvalue weighted by Gasteiger charge is 2.27. The number of carbonyl (C=O) groups is 1. The van der Waals surface area contributed by atoms with E-state index in [2.05, 4.69) is 22.1 Å². The monoisotopic (exact) mass is 436 g/mol. The summed E-state index contributed by atoms with van der Waals surface area (Å²) in [5, 5.41) is 13.0. The summed E-state index contributed by atoms with van der Waals surface area (Å²) in [6, 6.07) is 9.40. The molecular formula is C22H24N6O4. The van der Waals surface area contributed by atoms with Crippen LogP contribution in [-0.4, -0.2) is 56.1 Å². The lowest BCUT2D eigenvalue weighted by atomic mass is 10.1. The Morgan fingerprint density at radius 2 is 1.88 bits per heavy atom. The third-order valence-corrected chi connectivity index (χ3v) is 5.48. The van der Waals surface area contributed by atoms with Gasteiger partial charge in [0.25, 0.3) is 5.56 Å². The zero-order valence-electron chi connectivity index (χ0n) is 17.7. The van der Waals surface area contributed by atoms with E-state index in [-0.39, 0.29) is 24.3 Å². The maximum atomic E-state index is 13.4. The predicted octanol–water partition coefficient (Wildman–Crippen LogP) is 0.561. The number of hydrogen-bond acceptors (Lipinski definition) is 6. The molecule has 1 aromatic carbocycles. The first-order chi connectivity index (χ1) is 15.5. The average Bonchev–Trinajstić information content (AvgIpc) is 3.17. The second-order valence-electron chi connectivity index (χ2n) is 7.43. The Morgan fingerprint density at radius 1 is 1.16 bits per heavy atom. The quantitative estimate of drug-likeness (QED) is 0.562. The molecule has 32 heavy (non-hydrogen) atoms. The molecule has 0 saturated carbocycles. The van der Waals surface area contributed by atoms with Gasteiger partial charge < -0.3 is 15.3 Å². The molecule has 2 aromatic heterocycles. The Kier molecular flexibility index (Phi) is 6.09. The zero-order chi connectivity index (χ0) is 22.7. The Bertz CT molecular complexity index is 1320. The van der Waals surface area contributed by atoms with E-state index in [1.807, 2.05) is 35.2 Å². The fourth-order valence-corrected chi connectivity index (χ4v) is 3.89. The smallest absolute Gasteiger partial charge is 0.421 e. The predicted molar refractivity (Wildman–Crippen MR) is 120 cm³/mol. The van der Waals surface area contributed by atoms with Gasteiger partial charge in [-0.2, -0.15) is 9.55 Å². The van der Waals surface area contributed by atoms with Crippen LogP contribution in [0.15, 0.2) is 39.9 Å². The van der Waals surface area contributed by atoms with E-state index < -0.39 is 17.3 Å². The van der Waals surface area contributed by atoms with Crippen LogP contribution in [0.4, 0.5) is 10.7 Å². The second-order valence-corrected chi connectivity index (χ2v) is 7.43. The number of fused-ring (bicyclic) bond motifs is 1. The summed E-state index contributed by atoms with van der Waals surface area (Å²) < 4.78 is 3.16. The molecular weight excluding hydrogens is 412 g/mol. The Labute approximate surface area is 183 Å². The van der Waals surface area contributed by atoms with Crippen molar-refractivity contribution in [3.05, 3.63) is 56.7 Å². The highest BCUT2D eigenvalue weighted by Crippen LogP contribution is 2.20. The third-order valence-electron chi connectivity index (χ3n) is 5.48. The van der Waals surface area contributed by atoms with Gasteiger partial charge in [-0.05, 0) is 18.9 Å². The van der Waals surface area contributed by atoms with Crippen molar-refractivity contribution in [2.45, 2.75) is 26.4 Å². The molecule has 2 N–H and O–H groups in total. The number of aromatic nitrogens is 4. The van der Waals surface area contributed by atoms with Crippen molar-refractivity contribution in [3.63, 3.8) is 0 Å². The van der Waals surface area contributed by atoms with Gasteiger partial charge in [-0.15, -0.1) is 5.92 Å². The molecule has 0 amide bonds. The topological polar surface area (TPSA) is 114 Å². The Morgan fingerprint density at radius 3 is 2.53 bits per heavy atom. The number of hydrogen-bond donors (Lipinski definition) is 2. The summed E-state index contributed by atoms with van der Waals surface area (Å²) in [5.41, 5.74) is -0.631. The summed E-state index contributed by atoms with van der Waals surface area (Å²) in [4.78, 5) is 44.9. The van der Waals surface area contributed by atoms with Crippen LogP contribution in [0.25, 0.3) is 11.2 Å². The fourth-order valence-electron chi connectivity index (χ4n) is 3.89. The number of imidazole rings is 1. The molecule has 4 rings (SSSR count). The molecule has 0 aliphatic carbocycles. The van der Waals surface area contributed by atoms with Gasteiger partial charge in [0.05, 0.1) is 6.54 Å². The van der Waals surface area contributed by atoms with E-state index in [1.165, 1.54) is 0 Å². The van der Waals surface area contributed by atoms with Gasteiger partial charge in [0.1, 0.15) is 0 Å². The first-order valence-electron chi connectivity index (χ1n) is 10.4. The minimum atomic E-state index is -1.48. The molecule has 1 aliphatic rings. The lowest BCUT2D eigenvalue weighted by Gasteiger charge is -2.28. The van der Waals surface area contributed by atoms with Crippen molar-refractivity contribution in [1.29, 1.82) is 0 Å². The standard InChI is InChI=1S/C22H24N6O4/c1-2-3-12-26-17-18(24-20(26)25-14-10-23-11-15-25)28(22(31)32)21(30)27(19(17)29)13-9-16-7-5-4-6-8-16/h4-8,23H,9-15H2,1H3,(H,31,32). The first-order valence-corrected chi connectivity index (χ1v) is 10.4. The maximum Gasteiger partial charge on any atom is 0.421 e. The number of nitrogens with one attached hydrogen (secondary N) is 1. The molecule has 0 atom stereocenters.